The van der Waals surface area contributed by atoms with Gasteiger partial charge in [0.25, 0.3) is 0 Å². The van der Waals surface area contributed by atoms with Gasteiger partial charge in [-0.05, 0) is 86.6 Å². The van der Waals surface area contributed by atoms with Crippen molar-refractivity contribution in [3.8, 4) is 0 Å². The van der Waals surface area contributed by atoms with Gasteiger partial charge in [-0.2, -0.15) is 24.4 Å². The molecule has 0 bridgehead atoms. The number of aromatic nitrogens is 1. The number of thioether (sulfide) groups is 1. The highest BCUT2D eigenvalue weighted by molar-refractivity contribution is 7.98. The van der Waals surface area contributed by atoms with Crippen LogP contribution in [0.4, 0.5) is 0 Å². The number of thiol groups is 1. The average Bonchev–Trinajstić information content (AvgIpc) is 4.08. The number of aliphatic carboxylic acids is 9. The maximum Gasteiger partial charge on any atom is 0.321 e. The number of hydrogen-bond donors (Lipinski definition) is 20. The molecule has 30 heteroatoms. The molecule has 0 unspecified atom stereocenters. The van der Waals surface area contributed by atoms with E-state index in [0.29, 0.717) is 31.6 Å². The topological polar surface area (TPSA) is 572 Å². The molecule has 0 amide bonds. The summed E-state index contributed by atoms with van der Waals surface area (Å²) >= 11 is 5.25. The van der Waals surface area contributed by atoms with Crippen molar-refractivity contribution in [2.75, 3.05) is 30.9 Å². The molecule has 0 spiro atoms. The van der Waals surface area contributed by atoms with Crippen LogP contribution in [0.5, 0.6) is 0 Å². The van der Waals surface area contributed by atoms with Crippen molar-refractivity contribution in [2.24, 2.45) is 57.7 Å². The van der Waals surface area contributed by atoms with Gasteiger partial charge in [0.15, 0.2) is 0 Å². The van der Waals surface area contributed by atoms with E-state index in [1.54, 1.807) is 25.6 Å². The van der Waals surface area contributed by atoms with E-state index in [9.17, 15) is 43.2 Å². The van der Waals surface area contributed by atoms with Crippen molar-refractivity contribution >= 4 is 89.0 Å². The van der Waals surface area contributed by atoms with Crippen LogP contribution in [0.2, 0.25) is 0 Å². The molecular weight excluding hydrogens is 1080 g/mol. The standard InChI is InChI=1S/C11H12N2O2.C9H11NO2.C6H13NO2.C5H11NO2S.C5H9NO2.C5H11NO2.C3H7NO2S.C3H7NO2.C2H5NO2/c12-9(11(14)15)5-7-6-13-10-4-2-1-3-8(7)10;10-8(9(11)12)6-7-4-2-1-3-5-7;1-4(2)3-5(7)6(8)9;1-9-3-2-4(6)5(7)8;7-5(8)4-2-1-3-6-4;1-3(2)4(6)5(7)8;4-2(1-7)3(5)6;1-2(4)3(5)6;3-1-2(4)5/h1-4,6,9,13H,5,12H2,(H,14,15);1-5,8H,6,10H2,(H,11,12);4-5H,3,7H2,1-2H3,(H,8,9);4H,2-3,6H2,1H3,(H,7,8);4,6H,1-3H2,(H,7,8);3-4H,6H2,1-2H3,(H,7,8);2,7H,1,4H2,(H,5,6);2H,4H2,1H3,(H,5,6);1,3H2,(H,4,5)/t9-;8-;5-;3*4-;2*2-;/m00000000./s1. The summed E-state index contributed by atoms with van der Waals surface area (Å²) in [7, 11) is 0. The van der Waals surface area contributed by atoms with Crippen LogP contribution < -0.4 is 51.2 Å². The van der Waals surface area contributed by atoms with Crippen LogP contribution in [-0.2, 0) is 56.0 Å². The zero-order valence-corrected chi connectivity index (χ0v) is 47.0. The van der Waals surface area contributed by atoms with Crippen molar-refractivity contribution < 1.29 is 89.1 Å². The summed E-state index contributed by atoms with van der Waals surface area (Å²) in [6, 6.07) is 11.6. The minimum Gasteiger partial charge on any atom is -0.480 e. The molecule has 27 N–H and O–H groups in total. The Hall–Kier alpha value is -6.45. The Labute approximate surface area is 468 Å². The second-order valence-electron chi connectivity index (χ2n) is 17.4. The average molecular weight is 1170 g/mol. The summed E-state index contributed by atoms with van der Waals surface area (Å²) in [5.74, 6) is -6.96. The molecule has 0 radical (unpaired) electrons. The third-order valence-corrected chi connectivity index (χ3v) is 10.5. The number of carbonyl (C=O) groups is 9. The van der Waals surface area contributed by atoms with Crippen LogP contribution in [0.1, 0.15) is 71.4 Å². The Kier molecular flexibility index (Phi) is 50.1. The quantitative estimate of drug-likeness (QED) is 0.0663. The van der Waals surface area contributed by atoms with E-state index in [1.165, 1.54) is 6.92 Å². The largest absolute Gasteiger partial charge is 0.480 e. The third-order valence-electron chi connectivity index (χ3n) is 9.48. The molecule has 28 nitrogen and oxygen atoms in total. The lowest BCUT2D eigenvalue weighted by Crippen LogP contribution is -2.34. The first-order valence-corrected chi connectivity index (χ1v) is 26.0. The number of carboxylic acids is 9. The number of carboxylic acid groups (broad SMARTS) is 9. The van der Waals surface area contributed by atoms with Gasteiger partial charge in [0, 0.05) is 29.3 Å². The van der Waals surface area contributed by atoms with Gasteiger partial charge in [-0.25, -0.2) is 0 Å². The van der Waals surface area contributed by atoms with Crippen molar-refractivity contribution in [1.82, 2.24) is 10.3 Å². The number of aromatic amines is 1. The van der Waals surface area contributed by atoms with Gasteiger partial charge in [-0.1, -0.05) is 76.2 Å². The molecule has 0 saturated carbocycles. The van der Waals surface area contributed by atoms with E-state index in [4.69, 9.17) is 86.1 Å². The number of hydrogen-bond acceptors (Lipinski definition) is 20. The molecule has 1 aliphatic rings. The minimum atomic E-state index is -1.00. The van der Waals surface area contributed by atoms with E-state index in [1.807, 2.05) is 80.9 Å². The zero-order chi connectivity index (χ0) is 62.5. The number of fused-ring (bicyclic) bond motifs is 1. The van der Waals surface area contributed by atoms with Crippen LogP contribution in [-0.4, -0.2) is 184 Å². The summed E-state index contributed by atoms with van der Waals surface area (Å²) in [4.78, 5) is 93.0. The third kappa shape index (κ3) is 48.4. The molecular formula is C49H86N10O18S2. The van der Waals surface area contributed by atoms with Gasteiger partial charge in [-0.15, -0.1) is 0 Å². The van der Waals surface area contributed by atoms with Crippen molar-refractivity contribution in [1.29, 1.82) is 0 Å². The van der Waals surface area contributed by atoms with Crippen LogP contribution in [0.15, 0.2) is 60.8 Å². The molecule has 452 valence electrons. The maximum atomic E-state index is 10.6. The summed E-state index contributed by atoms with van der Waals surface area (Å²) in [5, 5.41) is 77.8. The molecule has 2 heterocycles. The van der Waals surface area contributed by atoms with E-state index in [-0.39, 0.29) is 24.3 Å². The fraction of sp³-hybridized carbons (Fsp3) is 0.531. The van der Waals surface area contributed by atoms with E-state index >= 15 is 0 Å². The number of rotatable bonds is 20. The van der Waals surface area contributed by atoms with Gasteiger partial charge in [0.1, 0.15) is 48.3 Å². The predicted octanol–water partition coefficient (Wildman–Crippen LogP) is 0.0124. The molecule has 4 rings (SSSR count). The molecule has 2 aromatic carbocycles. The molecule has 79 heavy (non-hydrogen) atoms. The Balaban J connectivity index is -0.000000265. The molecule has 3 aromatic rings. The number of para-hydroxylation sites is 1. The summed E-state index contributed by atoms with van der Waals surface area (Å²) in [6.07, 6.45) is 7.36. The lowest BCUT2D eigenvalue weighted by molar-refractivity contribution is -0.140. The van der Waals surface area contributed by atoms with Gasteiger partial charge in [-0.3, -0.25) is 43.2 Å². The highest BCUT2D eigenvalue weighted by Crippen LogP contribution is 2.18. The van der Waals surface area contributed by atoms with Crippen LogP contribution >= 0.6 is 24.4 Å². The monoisotopic (exact) mass is 1170 g/mol. The lowest BCUT2D eigenvalue weighted by atomic mass is 10.1. The minimum absolute atomic E-state index is 0.0208. The second kappa shape index (κ2) is 48.7. The van der Waals surface area contributed by atoms with Crippen LogP contribution in [0.3, 0.4) is 0 Å². The normalized spacial score (nSPS) is 14.4. The maximum absolute atomic E-state index is 10.6. The summed E-state index contributed by atoms with van der Waals surface area (Å²) < 4.78 is 0. The molecule has 1 saturated heterocycles. The van der Waals surface area contributed by atoms with E-state index in [2.05, 4.69) is 28.7 Å². The van der Waals surface area contributed by atoms with Gasteiger partial charge in [0.05, 0.1) is 6.54 Å². The first kappa shape index (κ1) is 81.4. The van der Waals surface area contributed by atoms with Crippen molar-refractivity contribution in [3.63, 3.8) is 0 Å². The van der Waals surface area contributed by atoms with Crippen LogP contribution in [0.25, 0.3) is 10.9 Å². The number of H-pyrrole nitrogens is 1. The first-order valence-electron chi connectivity index (χ1n) is 24.0. The Morgan fingerprint density at radius 1 is 0.620 bits per heavy atom. The van der Waals surface area contributed by atoms with E-state index < -0.39 is 96.0 Å². The van der Waals surface area contributed by atoms with Gasteiger partial charge >= 0.3 is 53.7 Å². The summed E-state index contributed by atoms with van der Waals surface area (Å²) in [6.45, 7) is 9.45. The first-order chi connectivity index (χ1) is 36.5. The zero-order valence-electron chi connectivity index (χ0n) is 45.3. The second-order valence-corrected chi connectivity index (χ2v) is 18.7. The molecule has 1 fully saturated rings. The van der Waals surface area contributed by atoms with Gasteiger partial charge < -0.3 is 102 Å². The molecule has 0 aliphatic carbocycles. The molecule has 1 aliphatic heterocycles. The lowest BCUT2D eigenvalue weighted by Gasteiger charge is -2.07. The summed E-state index contributed by atoms with van der Waals surface area (Å²) in [5.41, 5.74) is 43.6. The Morgan fingerprint density at radius 2 is 1.06 bits per heavy atom. The predicted molar refractivity (Wildman–Crippen MR) is 304 cm³/mol. The Bertz CT molecular complexity index is 2170. The number of nitrogens with two attached hydrogens (primary N) is 8. The number of benzene rings is 2. The molecule has 1 aromatic heterocycles. The highest BCUT2D eigenvalue weighted by atomic mass is 32.2. The Morgan fingerprint density at radius 3 is 1.35 bits per heavy atom. The fourth-order valence-corrected chi connectivity index (χ4v) is 5.46. The van der Waals surface area contributed by atoms with Gasteiger partial charge in [0.2, 0.25) is 0 Å². The molecule has 8 atom stereocenters. The van der Waals surface area contributed by atoms with E-state index in [0.717, 1.165) is 47.2 Å². The van der Waals surface area contributed by atoms with Crippen LogP contribution in [0, 0.1) is 11.8 Å². The smallest absolute Gasteiger partial charge is 0.321 e. The number of nitrogens with one attached hydrogen (secondary N) is 2. The van der Waals surface area contributed by atoms with Crippen molar-refractivity contribution in [2.45, 2.75) is 121 Å². The SMILES string of the molecule is CC(C)C[C@H](N)C(=O)O.CC(C)[C@H](N)C(=O)O.CSCC[C@H](N)C(=O)O.C[C@H](N)C(=O)O.NCC(=O)O.N[C@@H](CS)C(=O)O.N[C@@H](Cc1c[nH]c2ccccc12)C(=O)O.N[C@@H](Cc1ccccc1)C(=O)O.O=C(O)[C@@H]1CCCN1. The highest BCUT2D eigenvalue weighted by Gasteiger charge is 2.20. The fourth-order valence-electron chi connectivity index (χ4n) is 4.82. The van der Waals surface area contributed by atoms with Crippen molar-refractivity contribution in [3.05, 3.63) is 71.9 Å².